The molecule has 34 heavy (non-hydrogen) atoms. The van der Waals surface area contributed by atoms with Crippen LogP contribution in [-0.2, 0) is 33.4 Å². The monoisotopic (exact) mass is 490 g/mol. The van der Waals surface area contributed by atoms with Crippen molar-refractivity contribution in [3.05, 3.63) is 0 Å². The summed E-state index contributed by atoms with van der Waals surface area (Å²) in [5.41, 5.74) is 5.19. The predicted octanol–water partition coefficient (Wildman–Crippen LogP) is -4.57. The van der Waals surface area contributed by atoms with Crippen LogP contribution < -0.4 is 21.7 Å². The second kappa shape index (κ2) is 12.0. The Hall–Kier alpha value is -2.85. The molecule has 2 saturated heterocycles. The third-order valence-corrected chi connectivity index (χ3v) is 5.51. The molecular formula is C19H30N4O11. The molecule has 192 valence electrons. The van der Waals surface area contributed by atoms with Crippen molar-refractivity contribution in [1.82, 2.24) is 16.0 Å². The van der Waals surface area contributed by atoms with E-state index in [4.69, 9.17) is 20.3 Å². The number of aliphatic hydroxyl groups is 3. The molecule has 0 aromatic rings. The Morgan fingerprint density at radius 2 is 1.94 bits per heavy atom. The van der Waals surface area contributed by atoms with Crippen LogP contribution in [0.4, 0.5) is 0 Å². The lowest BCUT2D eigenvalue weighted by Gasteiger charge is -2.44. The quantitative estimate of drug-likeness (QED) is 0.145. The number of amides is 4. The van der Waals surface area contributed by atoms with Gasteiger partial charge in [0.1, 0.15) is 42.5 Å². The van der Waals surface area contributed by atoms with E-state index in [-0.39, 0.29) is 19.3 Å². The van der Waals surface area contributed by atoms with E-state index in [0.29, 0.717) is 0 Å². The van der Waals surface area contributed by atoms with Crippen molar-refractivity contribution in [1.29, 1.82) is 0 Å². The Labute approximate surface area is 193 Å². The van der Waals surface area contributed by atoms with Crippen molar-refractivity contribution < 1.29 is 53.9 Å². The zero-order chi connectivity index (χ0) is 25.6. The van der Waals surface area contributed by atoms with Crippen LogP contribution in [0.1, 0.15) is 32.6 Å². The first kappa shape index (κ1) is 27.4. The standard InChI is InChI=1S/C19H30N4O11/c1-7(25)21-13-15(14(28)11(6-24)34-19(13)32)33-10-4-2-9(23-18(10)31)17(30)22-8(16(20)29)3-5-12(26)27/h8-11,13-15,19,24,28,32H,2-6H2,1H3,(H2,20,29)(H,21,25)(H,22,30)(H,23,31)(H,26,27). The van der Waals surface area contributed by atoms with Gasteiger partial charge in [-0.2, -0.15) is 0 Å². The van der Waals surface area contributed by atoms with Gasteiger partial charge in [-0.05, 0) is 19.3 Å². The number of piperidine rings is 1. The number of carboxylic acids is 1. The number of ether oxygens (including phenoxy) is 2. The van der Waals surface area contributed by atoms with Crippen molar-refractivity contribution in [3.8, 4) is 0 Å². The van der Waals surface area contributed by atoms with Gasteiger partial charge in [0, 0.05) is 13.3 Å². The molecule has 0 aromatic heterocycles. The van der Waals surface area contributed by atoms with Crippen LogP contribution in [0.25, 0.3) is 0 Å². The van der Waals surface area contributed by atoms with Gasteiger partial charge >= 0.3 is 5.97 Å². The minimum absolute atomic E-state index is 0.00294. The Bertz CT molecular complexity index is 794. The van der Waals surface area contributed by atoms with Crippen LogP contribution in [-0.4, -0.2) is 105 Å². The number of hydrogen-bond donors (Lipinski definition) is 8. The number of aliphatic hydroxyl groups excluding tert-OH is 3. The van der Waals surface area contributed by atoms with E-state index in [1.807, 2.05) is 0 Å². The molecule has 0 spiro atoms. The Balaban J connectivity index is 2.02. The van der Waals surface area contributed by atoms with E-state index in [0.717, 1.165) is 0 Å². The van der Waals surface area contributed by atoms with Crippen LogP contribution in [0.2, 0.25) is 0 Å². The first-order valence-electron chi connectivity index (χ1n) is 10.6. The zero-order valence-electron chi connectivity index (χ0n) is 18.4. The summed E-state index contributed by atoms with van der Waals surface area (Å²) in [6, 6.07) is -3.53. The lowest BCUT2D eigenvalue weighted by molar-refractivity contribution is -0.268. The normalized spacial score (nSPS) is 32.2. The number of rotatable bonds is 10. The number of nitrogens with two attached hydrogens (primary N) is 1. The molecule has 8 unspecified atom stereocenters. The van der Waals surface area contributed by atoms with Crippen molar-refractivity contribution in [3.63, 3.8) is 0 Å². The van der Waals surface area contributed by atoms with Crippen LogP contribution in [0.3, 0.4) is 0 Å². The highest BCUT2D eigenvalue weighted by Gasteiger charge is 2.48. The fourth-order valence-electron chi connectivity index (χ4n) is 3.76. The Morgan fingerprint density at radius 3 is 2.47 bits per heavy atom. The van der Waals surface area contributed by atoms with E-state index < -0.39 is 91.5 Å². The molecule has 2 rings (SSSR count). The maximum absolute atomic E-state index is 12.6. The summed E-state index contributed by atoms with van der Waals surface area (Å²) in [6.45, 7) is 0.507. The second-order valence-corrected chi connectivity index (χ2v) is 8.09. The molecule has 9 N–H and O–H groups in total. The number of nitrogens with one attached hydrogen (secondary N) is 3. The van der Waals surface area contributed by atoms with Gasteiger partial charge in [0.2, 0.25) is 23.6 Å². The SMILES string of the molecule is CC(=O)NC1C(O)OC(CO)C(O)C1OC1CCC(C(=O)NC(CCC(=O)O)C(N)=O)NC1=O. The van der Waals surface area contributed by atoms with Crippen molar-refractivity contribution in [2.75, 3.05) is 6.61 Å². The first-order valence-corrected chi connectivity index (χ1v) is 10.6. The van der Waals surface area contributed by atoms with Gasteiger partial charge < -0.3 is 51.6 Å². The molecule has 0 saturated carbocycles. The average molecular weight is 490 g/mol. The molecule has 4 amide bonds. The summed E-state index contributed by atoms with van der Waals surface area (Å²) < 4.78 is 10.8. The molecule has 2 aliphatic heterocycles. The van der Waals surface area contributed by atoms with Crippen LogP contribution in [0, 0.1) is 0 Å². The highest BCUT2D eigenvalue weighted by molar-refractivity contribution is 5.93. The molecule has 0 bridgehead atoms. The molecule has 2 aliphatic rings. The molecule has 0 radical (unpaired) electrons. The molecule has 0 aromatic carbocycles. The molecule has 15 nitrogen and oxygen atoms in total. The number of hydrogen-bond acceptors (Lipinski definition) is 10. The maximum atomic E-state index is 12.6. The summed E-state index contributed by atoms with van der Waals surface area (Å²) in [4.78, 5) is 58.7. The number of primary amides is 1. The van der Waals surface area contributed by atoms with E-state index in [2.05, 4.69) is 16.0 Å². The minimum Gasteiger partial charge on any atom is -0.481 e. The summed E-state index contributed by atoms with van der Waals surface area (Å²) >= 11 is 0. The number of carbonyl (C=O) groups is 5. The highest BCUT2D eigenvalue weighted by atomic mass is 16.6. The second-order valence-electron chi connectivity index (χ2n) is 8.09. The van der Waals surface area contributed by atoms with Gasteiger partial charge in [0.05, 0.1) is 6.61 Å². The minimum atomic E-state index is -1.63. The summed E-state index contributed by atoms with van der Waals surface area (Å²) in [5, 5.41) is 45.9. The number of aliphatic carboxylic acids is 1. The molecular weight excluding hydrogens is 460 g/mol. The van der Waals surface area contributed by atoms with E-state index in [9.17, 15) is 39.3 Å². The van der Waals surface area contributed by atoms with Crippen molar-refractivity contribution in [2.24, 2.45) is 5.73 Å². The van der Waals surface area contributed by atoms with E-state index in [1.165, 1.54) is 6.92 Å². The van der Waals surface area contributed by atoms with Gasteiger partial charge in [0.15, 0.2) is 6.29 Å². The van der Waals surface area contributed by atoms with Crippen LogP contribution >= 0.6 is 0 Å². The predicted molar refractivity (Wildman–Crippen MR) is 109 cm³/mol. The smallest absolute Gasteiger partial charge is 0.303 e. The molecule has 15 heteroatoms. The Morgan fingerprint density at radius 1 is 1.26 bits per heavy atom. The Kier molecular flexibility index (Phi) is 9.69. The van der Waals surface area contributed by atoms with Gasteiger partial charge in [-0.15, -0.1) is 0 Å². The van der Waals surface area contributed by atoms with Gasteiger partial charge in [-0.3, -0.25) is 24.0 Å². The fraction of sp³-hybridized carbons (Fsp3) is 0.737. The highest BCUT2D eigenvalue weighted by Crippen LogP contribution is 2.26. The molecule has 2 heterocycles. The van der Waals surface area contributed by atoms with Gasteiger partial charge in [-0.1, -0.05) is 0 Å². The maximum Gasteiger partial charge on any atom is 0.303 e. The third kappa shape index (κ3) is 7.07. The zero-order valence-corrected chi connectivity index (χ0v) is 18.4. The van der Waals surface area contributed by atoms with Gasteiger partial charge in [0.25, 0.3) is 0 Å². The van der Waals surface area contributed by atoms with Crippen LogP contribution in [0.5, 0.6) is 0 Å². The van der Waals surface area contributed by atoms with E-state index >= 15 is 0 Å². The lowest BCUT2D eigenvalue weighted by atomic mass is 9.95. The fourth-order valence-corrected chi connectivity index (χ4v) is 3.76. The largest absolute Gasteiger partial charge is 0.481 e. The van der Waals surface area contributed by atoms with Gasteiger partial charge in [-0.25, -0.2) is 0 Å². The third-order valence-electron chi connectivity index (χ3n) is 5.51. The summed E-state index contributed by atoms with van der Waals surface area (Å²) in [6.07, 6.45) is -7.41. The lowest BCUT2D eigenvalue weighted by Crippen LogP contribution is -2.66. The molecule has 2 fully saturated rings. The van der Waals surface area contributed by atoms with Crippen LogP contribution in [0.15, 0.2) is 0 Å². The van der Waals surface area contributed by atoms with Crippen molar-refractivity contribution in [2.45, 2.75) is 81.4 Å². The first-order chi connectivity index (χ1) is 15.9. The number of carbonyl (C=O) groups excluding carboxylic acids is 4. The number of carboxylic acid groups (broad SMARTS) is 1. The molecule has 0 aliphatic carbocycles. The average Bonchev–Trinajstić information content (AvgIpc) is 2.76. The topological polar surface area (TPSA) is 247 Å². The molecule has 8 atom stereocenters. The van der Waals surface area contributed by atoms with E-state index in [1.54, 1.807) is 0 Å². The summed E-state index contributed by atoms with van der Waals surface area (Å²) in [7, 11) is 0. The van der Waals surface area contributed by atoms with Crippen molar-refractivity contribution >= 4 is 29.6 Å². The summed E-state index contributed by atoms with van der Waals surface area (Å²) in [5.74, 6) is -4.13.